The third-order valence-corrected chi connectivity index (χ3v) is 2.05. The van der Waals surface area contributed by atoms with Crippen LogP contribution in [0.1, 0.15) is 32.6 Å². The van der Waals surface area contributed by atoms with Gasteiger partial charge in [0.25, 0.3) is 0 Å². The second-order valence-electron chi connectivity index (χ2n) is 2.99. The van der Waals surface area contributed by atoms with E-state index in [4.69, 9.17) is 5.11 Å². The molecule has 0 aliphatic heterocycles. The molecule has 1 N–H and O–H groups in total. The number of unbranched alkanes of at least 4 members (excludes halogenated alkanes) is 2. The Balaban J connectivity index is 1.91. The Bertz CT molecular complexity index is 127. The van der Waals surface area contributed by atoms with Crippen LogP contribution < -0.4 is 0 Å². The highest BCUT2D eigenvalue weighted by Gasteiger charge is 2.21. The molecular formula is C9H16O. The molecule has 0 saturated heterocycles. The molecule has 1 aliphatic rings. The molecule has 1 atom stereocenters. The van der Waals surface area contributed by atoms with Crippen molar-refractivity contribution in [2.45, 2.75) is 32.6 Å². The van der Waals surface area contributed by atoms with Gasteiger partial charge in [0.1, 0.15) is 0 Å². The normalized spacial score (nSPS) is 22.6. The van der Waals surface area contributed by atoms with Crippen LogP contribution in [0.15, 0.2) is 11.6 Å². The molecule has 58 valence electrons. The van der Waals surface area contributed by atoms with Gasteiger partial charge in [0.15, 0.2) is 0 Å². The molecular weight excluding hydrogens is 124 g/mol. The smallest absolute Gasteiger partial charge is 0.0531 e. The zero-order chi connectivity index (χ0) is 7.40. The fourth-order valence-electron chi connectivity index (χ4n) is 1.23. The van der Waals surface area contributed by atoms with Gasteiger partial charge < -0.3 is 5.11 Å². The molecule has 0 radical (unpaired) electrons. The Morgan fingerprint density at radius 3 is 2.80 bits per heavy atom. The Hall–Kier alpha value is -0.300. The predicted octanol–water partition coefficient (Wildman–Crippen LogP) is 2.12. The summed E-state index contributed by atoms with van der Waals surface area (Å²) >= 11 is 0. The summed E-state index contributed by atoms with van der Waals surface area (Å²) < 4.78 is 0. The minimum atomic E-state index is 0.335. The van der Waals surface area contributed by atoms with E-state index >= 15 is 0 Å². The monoisotopic (exact) mass is 140 g/mol. The molecule has 1 aliphatic carbocycles. The van der Waals surface area contributed by atoms with Crippen LogP contribution in [-0.4, -0.2) is 11.7 Å². The molecule has 1 rings (SSSR count). The van der Waals surface area contributed by atoms with Gasteiger partial charge >= 0.3 is 0 Å². The van der Waals surface area contributed by atoms with Gasteiger partial charge in [0.2, 0.25) is 0 Å². The van der Waals surface area contributed by atoms with Crippen LogP contribution in [0.25, 0.3) is 0 Å². The molecule has 0 bridgehead atoms. The third-order valence-electron chi connectivity index (χ3n) is 2.05. The number of aliphatic hydroxyl groups excluding tert-OH is 1. The number of hydrogen-bond donors (Lipinski definition) is 1. The van der Waals surface area contributed by atoms with Gasteiger partial charge in [-0.3, -0.25) is 0 Å². The van der Waals surface area contributed by atoms with Gasteiger partial charge in [-0.25, -0.2) is 0 Å². The quantitative estimate of drug-likeness (QED) is 0.458. The maximum Gasteiger partial charge on any atom is 0.0531 e. The van der Waals surface area contributed by atoms with Crippen LogP contribution in [0.4, 0.5) is 0 Å². The number of hydrogen-bond acceptors (Lipinski definition) is 1. The van der Waals surface area contributed by atoms with E-state index in [9.17, 15) is 0 Å². The Morgan fingerprint density at radius 1 is 1.50 bits per heavy atom. The van der Waals surface area contributed by atoms with E-state index in [2.05, 4.69) is 13.0 Å². The Kier molecular flexibility index (Phi) is 2.94. The lowest BCUT2D eigenvalue weighted by Gasteiger charge is -1.95. The zero-order valence-corrected chi connectivity index (χ0v) is 6.64. The average Bonchev–Trinajstić information content (AvgIpc) is 2.68. The summed E-state index contributed by atoms with van der Waals surface area (Å²) in [5, 5.41) is 8.68. The van der Waals surface area contributed by atoms with Crippen molar-refractivity contribution in [2.24, 2.45) is 5.92 Å². The first kappa shape index (κ1) is 7.80. The third kappa shape index (κ3) is 2.14. The van der Waals surface area contributed by atoms with E-state index < -0.39 is 0 Å². The summed E-state index contributed by atoms with van der Waals surface area (Å²) in [6.07, 6.45) is 7.32. The van der Waals surface area contributed by atoms with Crippen molar-refractivity contribution in [2.75, 3.05) is 6.61 Å². The summed E-state index contributed by atoms with van der Waals surface area (Å²) in [6, 6.07) is 0. The van der Waals surface area contributed by atoms with Crippen LogP contribution in [-0.2, 0) is 0 Å². The molecule has 1 nitrogen and oxygen atoms in total. The molecule has 0 unspecified atom stereocenters. The van der Waals surface area contributed by atoms with Crippen molar-refractivity contribution in [3.05, 3.63) is 11.6 Å². The van der Waals surface area contributed by atoms with Gasteiger partial charge in [-0.1, -0.05) is 31.4 Å². The van der Waals surface area contributed by atoms with E-state index in [1.807, 2.05) is 0 Å². The molecule has 0 aromatic rings. The topological polar surface area (TPSA) is 20.2 Å². The number of rotatable bonds is 5. The molecule has 1 heteroatoms. The summed E-state index contributed by atoms with van der Waals surface area (Å²) in [6.45, 7) is 2.55. The average molecular weight is 140 g/mol. The molecule has 0 spiro atoms. The predicted molar refractivity (Wildman–Crippen MR) is 42.8 cm³/mol. The minimum Gasteiger partial charge on any atom is -0.395 e. The lowest BCUT2D eigenvalue weighted by atomic mass is 10.1. The first-order valence-electron chi connectivity index (χ1n) is 4.20. The largest absolute Gasteiger partial charge is 0.395 e. The first-order valence-corrected chi connectivity index (χ1v) is 4.20. The fraction of sp³-hybridized carbons (Fsp3) is 0.778. The summed E-state index contributed by atoms with van der Waals surface area (Å²) in [7, 11) is 0. The maximum absolute atomic E-state index is 8.68. The lowest BCUT2D eigenvalue weighted by Crippen LogP contribution is -1.88. The molecule has 0 amide bonds. The van der Waals surface area contributed by atoms with Gasteiger partial charge in [0, 0.05) is 5.92 Å². The standard InChI is InChI=1S/C9H16O/c1-2-3-4-5-8-6-9(8)7-10/h6,9-10H,2-5,7H2,1H3/t9-/m1/s1. The van der Waals surface area contributed by atoms with E-state index in [-0.39, 0.29) is 0 Å². The van der Waals surface area contributed by atoms with E-state index in [0.717, 1.165) is 0 Å². The van der Waals surface area contributed by atoms with E-state index in [1.165, 1.54) is 31.3 Å². The highest BCUT2D eigenvalue weighted by molar-refractivity contribution is 5.28. The SMILES string of the molecule is CCCCCC1=C[C@@H]1CO. The van der Waals surface area contributed by atoms with Gasteiger partial charge in [-0.05, 0) is 12.8 Å². The number of aliphatic hydroxyl groups is 1. The van der Waals surface area contributed by atoms with Crippen LogP contribution in [0.2, 0.25) is 0 Å². The van der Waals surface area contributed by atoms with Crippen molar-refractivity contribution >= 4 is 0 Å². The Morgan fingerprint density at radius 2 is 2.30 bits per heavy atom. The zero-order valence-electron chi connectivity index (χ0n) is 6.64. The van der Waals surface area contributed by atoms with Crippen molar-refractivity contribution < 1.29 is 5.11 Å². The van der Waals surface area contributed by atoms with Crippen LogP contribution in [0.5, 0.6) is 0 Å². The van der Waals surface area contributed by atoms with Crippen molar-refractivity contribution in [1.29, 1.82) is 0 Å². The van der Waals surface area contributed by atoms with Crippen molar-refractivity contribution in [3.63, 3.8) is 0 Å². The maximum atomic E-state index is 8.68. The summed E-state index contributed by atoms with van der Waals surface area (Å²) in [5.41, 5.74) is 1.48. The second-order valence-corrected chi connectivity index (χ2v) is 2.99. The van der Waals surface area contributed by atoms with E-state index in [1.54, 1.807) is 0 Å². The first-order chi connectivity index (χ1) is 4.88. The highest BCUT2D eigenvalue weighted by Crippen LogP contribution is 2.32. The lowest BCUT2D eigenvalue weighted by molar-refractivity contribution is 0.282. The van der Waals surface area contributed by atoms with Gasteiger partial charge in [-0.2, -0.15) is 0 Å². The van der Waals surface area contributed by atoms with Gasteiger partial charge in [0.05, 0.1) is 6.61 Å². The molecule has 0 saturated carbocycles. The summed E-state index contributed by atoms with van der Waals surface area (Å²) in [5.74, 6) is 0.469. The summed E-state index contributed by atoms with van der Waals surface area (Å²) in [4.78, 5) is 0. The molecule has 0 fully saturated rings. The minimum absolute atomic E-state index is 0.335. The van der Waals surface area contributed by atoms with Crippen LogP contribution >= 0.6 is 0 Å². The molecule has 0 aromatic carbocycles. The van der Waals surface area contributed by atoms with Crippen LogP contribution in [0.3, 0.4) is 0 Å². The fourth-order valence-corrected chi connectivity index (χ4v) is 1.23. The van der Waals surface area contributed by atoms with Crippen molar-refractivity contribution in [1.82, 2.24) is 0 Å². The van der Waals surface area contributed by atoms with Gasteiger partial charge in [-0.15, -0.1) is 0 Å². The van der Waals surface area contributed by atoms with Crippen LogP contribution in [0, 0.1) is 5.92 Å². The van der Waals surface area contributed by atoms with Crippen molar-refractivity contribution in [3.8, 4) is 0 Å². The molecule has 0 aromatic heterocycles. The second kappa shape index (κ2) is 3.77. The van der Waals surface area contributed by atoms with E-state index in [0.29, 0.717) is 12.5 Å². The molecule has 0 heterocycles. The highest BCUT2D eigenvalue weighted by atomic mass is 16.3. The molecule has 10 heavy (non-hydrogen) atoms. The Labute approximate surface area is 62.8 Å².